The molecule has 0 saturated heterocycles. The zero-order valence-electron chi connectivity index (χ0n) is 9.95. The maximum atomic E-state index is 11.6. The van der Waals surface area contributed by atoms with Gasteiger partial charge in [0, 0.05) is 5.57 Å². The molecule has 16 heavy (non-hydrogen) atoms. The second-order valence-electron chi connectivity index (χ2n) is 4.54. The van der Waals surface area contributed by atoms with Crippen molar-refractivity contribution in [2.24, 2.45) is 5.92 Å². The number of rotatable bonds is 2. The van der Waals surface area contributed by atoms with Crippen LogP contribution in [0.4, 0.5) is 0 Å². The van der Waals surface area contributed by atoms with Gasteiger partial charge in [-0.15, -0.1) is 0 Å². The van der Waals surface area contributed by atoms with Crippen LogP contribution in [-0.4, -0.2) is 13.1 Å². The summed E-state index contributed by atoms with van der Waals surface area (Å²) >= 11 is 0. The first-order valence-corrected chi connectivity index (χ1v) is 5.91. The molecule has 0 fully saturated rings. The van der Waals surface area contributed by atoms with E-state index in [2.05, 4.69) is 25.2 Å². The molecule has 0 aromatic heterocycles. The maximum absolute atomic E-state index is 11.6. The lowest BCUT2D eigenvalue weighted by Gasteiger charge is -2.14. The topological polar surface area (TPSA) is 26.3 Å². The molecule has 2 heteroatoms. The molecule has 0 aromatic carbocycles. The largest absolute Gasteiger partial charge is 0.466 e. The minimum absolute atomic E-state index is 0.153. The highest BCUT2D eigenvalue weighted by atomic mass is 16.5. The molecule has 0 aromatic rings. The average Bonchev–Trinajstić information content (AvgIpc) is 2.77. The molecule has 1 unspecified atom stereocenters. The van der Waals surface area contributed by atoms with Crippen molar-refractivity contribution < 1.29 is 9.53 Å². The van der Waals surface area contributed by atoms with Crippen LogP contribution in [0.25, 0.3) is 0 Å². The minimum Gasteiger partial charge on any atom is -0.466 e. The average molecular weight is 218 g/mol. The zero-order valence-corrected chi connectivity index (χ0v) is 9.95. The van der Waals surface area contributed by atoms with Crippen molar-refractivity contribution in [2.75, 3.05) is 7.11 Å². The van der Waals surface area contributed by atoms with Gasteiger partial charge in [0.15, 0.2) is 0 Å². The van der Waals surface area contributed by atoms with Crippen LogP contribution in [0.15, 0.2) is 34.9 Å². The molecule has 2 nitrogen and oxygen atoms in total. The SMILES string of the molecule is COC(=O)C1=C(C2=CC(C)CC=C2)CCC1. The normalized spacial score (nSPS) is 24.6. The van der Waals surface area contributed by atoms with Gasteiger partial charge in [0.1, 0.15) is 0 Å². The van der Waals surface area contributed by atoms with Crippen molar-refractivity contribution in [2.45, 2.75) is 32.6 Å². The fraction of sp³-hybridized carbons (Fsp3) is 0.500. The first-order chi connectivity index (χ1) is 7.72. The van der Waals surface area contributed by atoms with Crippen molar-refractivity contribution >= 4 is 5.97 Å². The van der Waals surface area contributed by atoms with E-state index in [9.17, 15) is 4.79 Å². The van der Waals surface area contributed by atoms with Crippen molar-refractivity contribution in [3.05, 3.63) is 34.9 Å². The van der Waals surface area contributed by atoms with Gasteiger partial charge in [0.05, 0.1) is 7.11 Å². The second-order valence-corrected chi connectivity index (χ2v) is 4.54. The third kappa shape index (κ3) is 2.11. The summed E-state index contributed by atoms with van der Waals surface area (Å²) < 4.78 is 4.83. The standard InChI is InChI=1S/C14H18O2/c1-10-5-3-6-11(9-10)12-7-4-8-13(12)14(15)16-2/h3,6,9-10H,4-5,7-8H2,1-2H3. The van der Waals surface area contributed by atoms with Gasteiger partial charge in [-0.3, -0.25) is 0 Å². The minimum atomic E-state index is -0.153. The van der Waals surface area contributed by atoms with Crippen molar-refractivity contribution in [1.82, 2.24) is 0 Å². The number of methoxy groups -OCH3 is 1. The summed E-state index contributed by atoms with van der Waals surface area (Å²) in [5, 5.41) is 0. The Morgan fingerprint density at radius 1 is 1.44 bits per heavy atom. The van der Waals surface area contributed by atoms with E-state index in [1.807, 2.05) is 0 Å². The van der Waals surface area contributed by atoms with E-state index in [4.69, 9.17) is 4.74 Å². The number of carbonyl (C=O) groups excluding carboxylic acids is 1. The van der Waals surface area contributed by atoms with Gasteiger partial charge in [-0.2, -0.15) is 0 Å². The highest BCUT2D eigenvalue weighted by Crippen LogP contribution is 2.34. The molecule has 0 N–H and O–H groups in total. The van der Waals surface area contributed by atoms with Crippen LogP contribution in [0.3, 0.4) is 0 Å². The first-order valence-electron chi connectivity index (χ1n) is 5.91. The molecule has 2 aliphatic rings. The Kier molecular flexibility index (Phi) is 3.28. The van der Waals surface area contributed by atoms with Crippen LogP contribution in [0, 0.1) is 5.92 Å². The number of carbonyl (C=O) groups is 1. The predicted molar refractivity (Wildman–Crippen MR) is 63.9 cm³/mol. The number of hydrogen-bond acceptors (Lipinski definition) is 2. The van der Waals surface area contributed by atoms with Crippen LogP contribution in [0.1, 0.15) is 32.6 Å². The van der Waals surface area contributed by atoms with E-state index < -0.39 is 0 Å². The molecule has 0 saturated carbocycles. The van der Waals surface area contributed by atoms with Gasteiger partial charge < -0.3 is 4.74 Å². The van der Waals surface area contributed by atoms with E-state index in [0.29, 0.717) is 5.92 Å². The van der Waals surface area contributed by atoms with E-state index >= 15 is 0 Å². The molecule has 0 aliphatic heterocycles. The lowest BCUT2D eigenvalue weighted by molar-refractivity contribution is -0.136. The van der Waals surface area contributed by atoms with Crippen LogP contribution < -0.4 is 0 Å². The number of esters is 1. The summed E-state index contributed by atoms with van der Waals surface area (Å²) in [6.07, 6.45) is 10.6. The molecular formula is C14H18O2. The fourth-order valence-electron chi connectivity index (χ4n) is 2.45. The van der Waals surface area contributed by atoms with Crippen LogP contribution in [0.5, 0.6) is 0 Å². The molecule has 2 aliphatic carbocycles. The van der Waals surface area contributed by atoms with E-state index in [1.165, 1.54) is 18.3 Å². The van der Waals surface area contributed by atoms with Gasteiger partial charge in [0.2, 0.25) is 0 Å². The van der Waals surface area contributed by atoms with E-state index in [-0.39, 0.29) is 5.97 Å². The third-order valence-electron chi connectivity index (χ3n) is 3.27. The number of allylic oxidation sites excluding steroid dienone is 5. The van der Waals surface area contributed by atoms with Crippen molar-refractivity contribution in [1.29, 1.82) is 0 Å². The van der Waals surface area contributed by atoms with Crippen molar-refractivity contribution in [3.8, 4) is 0 Å². The van der Waals surface area contributed by atoms with Gasteiger partial charge in [-0.1, -0.05) is 25.2 Å². The summed E-state index contributed by atoms with van der Waals surface area (Å²) in [5.74, 6) is 0.423. The summed E-state index contributed by atoms with van der Waals surface area (Å²) in [4.78, 5) is 11.6. The molecule has 1 atom stereocenters. The molecule has 2 rings (SSSR count). The lowest BCUT2D eigenvalue weighted by Crippen LogP contribution is -2.06. The second kappa shape index (κ2) is 4.69. The monoisotopic (exact) mass is 218 g/mol. The summed E-state index contributed by atoms with van der Waals surface area (Å²) in [5.41, 5.74) is 3.32. The van der Waals surface area contributed by atoms with Crippen molar-refractivity contribution in [3.63, 3.8) is 0 Å². The summed E-state index contributed by atoms with van der Waals surface area (Å²) in [7, 11) is 1.46. The smallest absolute Gasteiger partial charge is 0.334 e. The molecular weight excluding hydrogens is 200 g/mol. The zero-order chi connectivity index (χ0) is 11.5. The number of hydrogen-bond donors (Lipinski definition) is 0. The Bertz CT molecular complexity index is 386. The van der Waals surface area contributed by atoms with Gasteiger partial charge in [0.25, 0.3) is 0 Å². The van der Waals surface area contributed by atoms with Crippen LogP contribution in [-0.2, 0) is 9.53 Å². The summed E-state index contributed by atoms with van der Waals surface area (Å²) in [6.45, 7) is 2.21. The molecule has 0 heterocycles. The molecule has 0 amide bonds. The predicted octanol–water partition coefficient (Wildman–Crippen LogP) is 3.16. The Hall–Kier alpha value is -1.31. The van der Waals surface area contributed by atoms with Crippen LogP contribution >= 0.6 is 0 Å². The first kappa shape index (κ1) is 11.2. The fourth-order valence-corrected chi connectivity index (χ4v) is 2.45. The van der Waals surface area contributed by atoms with Gasteiger partial charge >= 0.3 is 5.97 Å². The molecule has 0 spiro atoms. The highest BCUT2D eigenvalue weighted by molar-refractivity contribution is 5.91. The molecule has 86 valence electrons. The van der Waals surface area contributed by atoms with E-state index in [0.717, 1.165) is 31.3 Å². The van der Waals surface area contributed by atoms with Gasteiger partial charge in [-0.05, 0) is 42.7 Å². The van der Waals surface area contributed by atoms with E-state index in [1.54, 1.807) is 0 Å². The number of ether oxygens (including phenoxy) is 1. The Morgan fingerprint density at radius 3 is 2.94 bits per heavy atom. The highest BCUT2D eigenvalue weighted by Gasteiger charge is 2.23. The molecule has 0 bridgehead atoms. The maximum Gasteiger partial charge on any atom is 0.334 e. The Labute approximate surface area is 96.7 Å². The third-order valence-corrected chi connectivity index (χ3v) is 3.27. The van der Waals surface area contributed by atoms with Crippen LogP contribution in [0.2, 0.25) is 0 Å². The molecule has 0 radical (unpaired) electrons. The van der Waals surface area contributed by atoms with Gasteiger partial charge in [-0.25, -0.2) is 4.79 Å². The Balaban J connectivity index is 2.31. The Morgan fingerprint density at radius 2 is 2.25 bits per heavy atom. The quantitative estimate of drug-likeness (QED) is 0.665. The lowest BCUT2D eigenvalue weighted by atomic mass is 9.92. The summed E-state index contributed by atoms with van der Waals surface area (Å²) in [6, 6.07) is 0.